The van der Waals surface area contributed by atoms with Crippen molar-refractivity contribution in [3.8, 4) is 5.69 Å². The summed E-state index contributed by atoms with van der Waals surface area (Å²) in [6.07, 6.45) is -0.817. The molecule has 1 unspecified atom stereocenters. The van der Waals surface area contributed by atoms with E-state index in [0.29, 0.717) is 38.4 Å². The van der Waals surface area contributed by atoms with Crippen molar-refractivity contribution in [2.24, 2.45) is 10.7 Å². The largest absolute Gasteiger partial charge is 0.363 e. The Labute approximate surface area is 164 Å². The van der Waals surface area contributed by atoms with E-state index in [2.05, 4.69) is 10.1 Å². The Morgan fingerprint density at radius 1 is 1.19 bits per heavy atom. The molecule has 2 N–H and O–H groups in total. The van der Waals surface area contributed by atoms with Crippen molar-refractivity contribution in [3.63, 3.8) is 0 Å². The van der Waals surface area contributed by atoms with Gasteiger partial charge in [-0.25, -0.2) is 14.7 Å². The molecule has 0 radical (unpaired) electrons. The van der Waals surface area contributed by atoms with Crippen LogP contribution in [0.1, 0.15) is 33.8 Å². The van der Waals surface area contributed by atoms with E-state index in [1.807, 2.05) is 18.2 Å². The number of nitrogens with two attached hydrogens (primary N) is 1. The molecule has 0 bridgehead atoms. The van der Waals surface area contributed by atoms with Crippen molar-refractivity contribution in [1.82, 2.24) is 14.8 Å². The van der Waals surface area contributed by atoms with E-state index < -0.39 is 12.1 Å². The van der Waals surface area contributed by atoms with Crippen LogP contribution >= 0.6 is 23.2 Å². The van der Waals surface area contributed by atoms with Crippen molar-refractivity contribution < 1.29 is 9.53 Å². The van der Waals surface area contributed by atoms with Crippen molar-refractivity contribution >= 4 is 34.8 Å². The first-order chi connectivity index (χ1) is 13.0. The second kappa shape index (κ2) is 6.77. The molecule has 0 saturated heterocycles. The summed E-state index contributed by atoms with van der Waals surface area (Å²) in [6, 6.07) is 12.6. The van der Waals surface area contributed by atoms with Gasteiger partial charge in [0, 0.05) is 28.3 Å². The summed E-state index contributed by atoms with van der Waals surface area (Å²) in [5.74, 6) is -0.530. The van der Waals surface area contributed by atoms with Crippen molar-refractivity contribution in [3.05, 3.63) is 75.3 Å². The van der Waals surface area contributed by atoms with Crippen molar-refractivity contribution in [1.29, 1.82) is 0 Å². The Kier molecular flexibility index (Phi) is 4.43. The molecular weight excluding hydrogens is 389 g/mol. The van der Waals surface area contributed by atoms with Gasteiger partial charge in [0.1, 0.15) is 0 Å². The lowest BCUT2D eigenvalue weighted by Crippen LogP contribution is -2.14. The number of ether oxygens (including phenoxy) is 1. The maximum Gasteiger partial charge on any atom is 0.288 e. The molecule has 0 spiro atoms. The van der Waals surface area contributed by atoms with Crippen LogP contribution in [0.25, 0.3) is 5.69 Å². The third-order valence-corrected chi connectivity index (χ3v) is 4.68. The number of primary amides is 1. The number of halogens is 2. The molecule has 1 aliphatic heterocycles. The van der Waals surface area contributed by atoms with Gasteiger partial charge in [0.05, 0.1) is 11.4 Å². The van der Waals surface area contributed by atoms with E-state index in [1.54, 1.807) is 24.3 Å². The van der Waals surface area contributed by atoms with Crippen LogP contribution in [0.4, 0.5) is 0 Å². The van der Waals surface area contributed by atoms with Gasteiger partial charge in [-0.15, -0.1) is 5.10 Å². The second-order valence-corrected chi connectivity index (χ2v) is 6.62. The number of amides is 1. The Hall–Kier alpha value is -2.74. The second-order valence-electron chi connectivity index (χ2n) is 5.78. The third kappa shape index (κ3) is 2.99. The van der Waals surface area contributed by atoms with Crippen LogP contribution in [0.3, 0.4) is 0 Å². The monoisotopic (exact) mass is 401 g/mol. The number of hydrogen-bond acceptors (Lipinski definition) is 5. The van der Waals surface area contributed by atoms with Gasteiger partial charge in [0.15, 0.2) is 5.82 Å². The van der Waals surface area contributed by atoms with Crippen LogP contribution in [-0.2, 0) is 4.74 Å². The lowest BCUT2D eigenvalue weighted by Gasteiger charge is -2.12. The predicted octanol–water partition coefficient (Wildman–Crippen LogP) is 3.17. The molecule has 2 aromatic carbocycles. The highest BCUT2D eigenvalue weighted by Gasteiger charge is 2.29. The maximum absolute atomic E-state index is 11.6. The van der Waals surface area contributed by atoms with Gasteiger partial charge in [0.2, 0.25) is 12.1 Å². The molecule has 4 rings (SSSR count). The zero-order chi connectivity index (χ0) is 19.1. The molecule has 9 heteroatoms. The zero-order valence-electron chi connectivity index (χ0n) is 14.1. The van der Waals surface area contributed by atoms with Gasteiger partial charge < -0.3 is 10.5 Å². The van der Waals surface area contributed by atoms with Crippen LogP contribution in [0.2, 0.25) is 10.0 Å². The van der Waals surface area contributed by atoms with Crippen molar-refractivity contribution in [2.45, 2.75) is 6.23 Å². The average Bonchev–Trinajstić information content (AvgIpc) is 3.04. The molecule has 7 nitrogen and oxygen atoms in total. The van der Waals surface area contributed by atoms with Crippen molar-refractivity contribution in [2.75, 3.05) is 7.11 Å². The number of nitrogens with zero attached hydrogens (tertiary/aromatic N) is 4. The topological polar surface area (TPSA) is 95.4 Å². The lowest BCUT2D eigenvalue weighted by molar-refractivity contribution is 0.0985. The number of benzene rings is 2. The number of aromatic nitrogens is 3. The molecule has 1 aromatic heterocycles. The minimum atomic E-state index is -0.817. The van der Waals surface area contributed by atoms with Crippen LogP contribution in [0, 0.1) is 0 Å². The molecule has 0 saturated carbocycles. The maximum atomic E-state index is 11.6. The summed E-state index contributed by atoms with van der Waals surface area (Å²) < 4.78 is 7.00. The molecule has 27 heavy (non-hydrogen) atoms. The average molecular weight is 402 g/mol. The third-order valence-electron chi connectivity index (χ3n) is 4.11. The quantitative estimate of drug-likeness (QED) is 0.728. The fourth-order valence-electron chi connectivity index (χ4n) is 2.92. The van der Waals surface area contributed by atoms with E-state index in [9.17, 15) is 4.79 Å². The summed E-state index contributed by atoms with van der Waals surface area (Å²) in [5.41, 5.74) is 7.95. The number of fused-ring (bicyclic) bond motifs is 3. The SMILES string of the molecule is COC1N=C(c2ccccc2Cl)c2cc(Cl)ccc2-n2nc(C(N)=O)nc21. The van der Waals surface area contributed by atoms with E-state index in [-0.39, 0.29) is 5.82 Å². The number of rotatable bonds is 3. The lowest BCUT2D eigenvalue weighted by atomic mass is 10.0. The molecular formula is C18H13Cl2N5O2. The van der Waals surface area contributed by atoms with E-state index in [0.717, 1.165) is 0 Å². The smallest absolute Gasteiger partial charge is 0.288 e. The molecule has 3 aromatic rings. The summed E-state index contributed by atoms with van der Waals surface area (Å²) >= 11 is 12.6. The summed E-state index contributed by atoms with van der Waals surface area (Å²) in [7, 11) is 1.49. The molecule has 0 fully saturated rings. The fourth-order valence-corrected chi connectivity index (χ4v) is 3.32. The Morgan fingerprint density at radius 2 is 1.96 bits per heavy atom. The number of methoxy groups -OCH3 is 1. The van der Waals surface area contributed by atoms with Gasteiger partial charge in [-0.05, 0) is 24.3 Å². The van der Waals surface area contributed by atoms with Gasteiger partial charge in [0.25, 0.3) is 5.91 Å². The highest BCUT2D eigenvalue weighted by atomic mass is 35.5. The van der Waals surface area contributed by atoms with Gasteiger partial charge >= 0.3 is 0 Å². The van der Waals surface area contributed by atoms with Crippen LogP contribution in [-0.4, -0.2) is 33.5 Å². The Morgan fingerprint density at radius 3 is 2.67 bits per heavy atom. The first kappa shape index (κ1) is 17.7. The minimum Gasteiger partial charge on any atom is -0.363 e. The zero-order valence-corrected chi connectivity index (χ0v) is 15.6. The highest BCUT2D eigenvalue weighted by Crippen LogP contribution is 2.33. The molecule has 0 aliphatic carbocycles. The summed E-state index contributed by atoms with van der Waals surface area (Å²) in [5, 5.41) is 5.28. The van der Waals surface area contributed by atoms with Gasteiger partial charge in [-0.2, -0.15) is 0 Å². The standard InChI is InChI=1S/C18H13Cl2N5O2/c1-27-18-17-23-16(15(21)26)24-25(17)13-7-6-9(19)8-11(13)14(22-18)10-4-2-3-5-12(10)20/h2-8,18H,1H3,(H2,21,26). The molecule has 1 atom stereocenters. The van der Waals surface area contributed by atoms with Gasteiger partial charge in [-0.3, -0.25) is 4.79 Å². The first-order valence-corrected chi connectivity index (χ1v) is 8.67. The number of carbonyl (C=O) groups is 1. The minimum absolute atomic E-state index is 0.121. The Bertz CT molecular complexity index is 1090. The van der Waals surface area contributed by atoms with Crippen LogP contribution < -0.4 is 5.73 Å². The molecule has 136 valence electrons. The predicted molar refractivity (Wildman–Crippen MR) is 102 cm³/mol. The van der Waals surface area contributed by atoms with Gasteiger partial charge in [-0.1, -0.05) is 41.4 Å². The normalized spacial score (nSPS) is 15.5. The van der Waals surface area contributed by atoms with E-state index in [1.165, 1.54) is 11.8 Å². The number of hydrogen-bond donors (Lipinski definition) is 1. The molecule has 1 amide bonds. The van der Waals surface area contributed by atoms with E-state index >= 15 is 0 Å². The highest BCUT2D eigenvalue weighted by molar-refractivity contribution is 6.36. The number of carbonyl (C=O) groups excluding carboxylic acids is 1. The number of aliphatic imine (C=N–C) groups is 1. The summed E-state index contributed by atoms with van der Waals surface area (Å²) in [4.78, 5) is 20.5. The summed E-state index contributed by atoms with van der Waals surface area (Å²) in [6.45, 7) is 0. The molecule has 1 aliphatic rings. The van der Waals surface area contributed by atoms with E-state index in [4.69, 9.17) is 38.7 Å². The first-order valence-electron chi connectivity index (χ1n) is 7.92. The molecule has 2 heterocycles. The fraction of sp³-hybridized carbons (Fsp3) is 0.111. The van der Waals surface area contributed by atoms with Crippen LogP contribution in [0.15, 0.2) is 47.5 Å². The Balaban J connectivity index is 2.05. The van der Waals surface area contributed by atoms with Crippen LogP contribution in [0.5, 0.6) is 0 Å².